The lowest BCUT2D eigenvalue weighted by atomic mass is 10.0. The molecule has 0 saturated carbocycles. The maximum absolute atomic E-state index is 9.74. The van der Waals surface area contributed by atoms with Gasteiger partial charge in [-0.25, -0.2) is 0 Å². The van der Waals surface area contributed by atoms with Crippen molar-refractivity contribution in [3.05, 3.63) is 74.7 Å². The van der Waals surface area contributed by atoms with E-state index in [4.69, 9.17) is 49.0 Å². The summed E-state index contributed by atoms with van der Waals surface area (Å²) in [6, 6.07) is 14.9. The zero-order chi connectivity index (χ0) is 34.0. The molecule has 1 aliphatic heterocycles. The first-order chi connectivity index (χ1) is 22.5. The van der Waals surface area contributed by atoms with Gasteiger partial charge in [0.05, 0.1) is 46.5 Å². The number of halogens is 3. The van der Waals surface area contributed by atoms with Crippen LogP contribution in [0.3, 0.4) is 0 Å². The van der Waals surface area contributed by atoms with E-state index in [2.05, 4.69) is 10.2 Å². The molecule has 47 heavy (non-hydrogen) atoms. The summed E-state index contributed by atoms with van der Waals surface area (Å²) in [5, 5.41) is 33.7. The fraction of sp³-hybridized carbons (Fsp3) is 0.486. The van der Waals surface area contributed by atoms with Crippen molar-refractivity contribution < 1.29 is 29.5 Å². The number of aliphatic hydroxyl groups excluding tert-OH is 3. The van der Waals surface area contributed by atoms with Crippen molar-refractivity contribution in [1.29, 1.82) is 0 Å². The topological polar surface area (TPSA) is 107 Å². The Morgan fingerprint density at radius 3 is 2.28 bits per heavy atom. The van der Waals surface area contributed by atoms with Crippen LogP contribution in [0.1, 0.15) is 30.9 Å². The summed E-state index contributed by atoms with van der Waals surface area (Å²) in [7, 11) is 3.93. The second-order valence-corrected chi connectivity index (χ2v) is 13.6. The molecule has 4 N–H and O–H groups in total. The van der Waals surface area contributed by atoms with Crippen LogP contribution >= 0.6 is 34.8 Å². The van der Waals surface area contributed by atoms with E-state index in [9.17, 15) is 15.3 Å². The average molecular weight is 711 g/mol. The number of benzene rings is 3. The number of rotatable bonds is 18. The standard InChI is InChI=1S/C35H46Cl3N3O6/c1-35(22-42,23-43)39-19-25-17-29(36)32(18-31(25)46-16-14-40(2)3)47-21-24-7-4-8-27(33(24)37)28-9-5-10-30(34(28)38)45-15-6-12-41-13-11-26(44)20-41/h4-5,7-10,17-18,26,39,42-44H,6,11-16,19-23H2,1-3H3. The van der Waals surface area contributed by atoms with Crippen molar-refractivity contribution in [2.75, 3.05) is 66.7 Å². The van der Waals surface area contributed by atoms with E-state index >= 15 is 0 Å². The van der Waals surface area contributed by atoms with Gasteiger partial charge in [-0.3, -0.25) is 0 Å². The lowest BCUT2D eigenvalue weighted by Crippen LogP contribution is -2.48. The van der Waals surface area contributed by atoms with Crippen LogP contribution in [0.2, 0.25) is 15.1 Å². The maximum Gasteiger partial charge on any atom is 0.142 e. The minimum absolute atomic E-state index is 0.146. The highest BCUT2D eigenvalue weighted by Crippen LogP contribution is 2.40. The van der Waals surface area contributed by atoms with Gasteiger partial charge < -0.3 is 44.6 Å². The number of likely N-dealkylation sites (tertiary alicyclic amines) is 1. The van der Waals surface area contributed by atoms with E-state index in [1.807, 2.05) is 55.4 Å². The monoisotopic (exact) mass is 709 g/mol. The zero-order valence-electron chi connectivity index (χ0n) is 27.3. The molecule has 0 amide bonds. The largest absolute Gasteiger partial charge is 0.492 e. The summed E-state index contributed by atoms with van der Waals surface area (Å²) in [4.78, 5) is 4.26. The van der Waals surface area contributed by atoms with E-state index in [-0.39, 0.29) is 25.9 Å². The predicted octanol–water partition coefficient (Wildman–Crippen LogP) is 5.50. The smallest absolute Gasteiger partial charge is 0.142 e. The molecule has 258 valence electrons. The number of β-amino-alcohol motifs (C(OH)–C–C–N with tert-alkyl or cyclic N) is 1. The van der Waals surface area contributed by atoms with Crippen LogP contribution in [0.5, 0.6) is 17.2 Å². The Labute approximate surface area is 292 Å². The summed E-state index contributed by atoms with van der Waals surface area (Å²) < 4.78 is 18.3. The number of hydrogen-bond donors (Lipinski definition) is 4. The van der Waals surface area contributed by atoms with Gasteiger partial charge >= 0.3 is 0 Å². The fourth-order valence-electron chi connectivity index (χ4n) is 5.14. The molecule has 0 bridgehead atoms. The van der Waals surface area contributed by atoms with Crippen LogP contribution in [0, 0.1) is 0 Å². The van der Waals surface area contributed by atoms with Crippen molar-refractivity contribution in [1.82, 2.24) is 15.1 Å². The van der Waals surface area contributed by atoms with E-state index in [1.165, 1.54) is 0 Å². The molecule has 3 aromatic rings. The van der Waals surface area contributed by atoms with Crippen molar-refractivity contribution in [3.63, 3.8) is 0 Å². The third-order valence-electron chi connectivity index (χ3n) is 8.15. The van der Waals surface area contributed by atoms with Crippen LogP contribution in [0.4, 0.5) is 0 Å². The number of aliphatic hydroxyl groups is 3. The Morgan fingerprint density at radius 2 is 1.60 bits per heavy atom. The van der Waals surface area contributed by atoms with E-state index in [0.717, 1.165) is 48.2 Å². The molecule has 12 heteroatoms. The third kappa shape index (κ3) is 10.6. The van der Waals surface area contributed by atoms with Crippen LogP contribution < -0.4 is 19.5 Å². The van der Waals surface area contributed by atoms with Gasteiger partial charge in [-0.1, -0.05) is 65.1 Å². The molecule has 9 nitrogen and oxygen atoms in total. The molecule has 1 saturated heterocycles. The average Bonchev–Trinajstić information content (AvgIpc) is 3.48. The van der Waals surface area contributed by atoms with E-state index < -0.39 is 5.54 Å². The number of nitrogens with zero attached hydrogens (tertiary/aromatic N) is 2. The molecule has 0 radical (unpaired) electrons. The van der Waals surface area contributed by atoms with Gasteiger partial charge in [0.1, 0.15) is 30.5 Å². The summed E-state index contributed by atoms with van der Waals surface area (Å²) in [6.45, 7) is 5.87. The summed E-state index contributed by atoms with van der Waals surface area (Å²) >= 11 is 20.4. The van der Waals surface area contributed by atoms with E-state index in [1.54, 1.807) is 19.1 Å². The van der Waals surface area contributed by atoms with Gasteiger partial charge in [-0.2, -0.15) is 0 Å². The summed E-state index contributed by atoms with van der Waals surface area (Å²) in [5.41, 5.74) is 2.16. The van der Waals surface area contributed by atoms with E-state index in [0.29, 0.717) is 65.2 Å². The second-order valence-electron chi connectivity index (χ2n) is 12.4. The lowest BCUT2D eigenvalue weighted by molar-refractivity contribution is 0.103. The van der Waals surface area contributed by atoms with Gasteiger partial charge in [0.2, 0.25) is 0 Å². The number of likely N-dealkylation sites (N-methyl/N-ethyl adjacent to an activating group) is 1. The molecule has 1 atom stereocenters. The van der Waals surface area contributed by atoms with Crippen LogP contribution in [0.25, 0.3) is 11.1 Å². The van der Waals surface area contributed by atoms with Crippen molar-refractivity contribution >= 4 is 34.8 Å². The fourth-order valence-corrected chi connectivity index (χ4v) is 5.94. The Morgan fingerprint density at radius 1 is 0.894 bits per heavy atom. The molecule has 0 aliphatic carbocycles. The first-order valence-electron chi connectivity index (χ1n) is 15.8. The van der Waals surface area contributed by atoms with Crippen molar-refractivity contribution in [2.24, 2.45) is 0 Å². The maximum atomic E-state index is 9.74. The third-order valence-corrected chi connectivity index (χ3v) is 9.29. The lowest BCUT2D eigenvalue weighted by Gasteiger charge is -2.27. The molecule has 1 fully saturated rings. The molecule has 4 rings (SSSR count). The predicted molar refractivity (Wildman–Crippen MR) is 188 cm³/mol. The number of ether oxygens (including phenoxy) is 3. The van der Waals surface area contributed by atoms with Crippen molar-refractivity contribution in [2.45, 2.75) is 44.6 Å². The Bertz CT molecular complexity index is 1460. The van der Waals surface area contributed by atoms with Gasteiger partial charge in [0.25, 0.3) is 0 Å². The molecule has 1 heterocycles. The highest BCUT2D eigenvalue weighted by atomic mass is 35.5. The molecular formula is C35H46Cl3N3O6. The zero-order valence-corrected chi connectivity index (χ0v) is 29.5. The molecular weight excluding hydrogens is 665 g/mol. The molecule has 0 spiro atoms. The van der Waals surface area contributed by atoms with Crippen LogP contribution in [0.15, 0.2) is 48.5 Å². The van der Waals surface area contributed by atoms with Crippen molar-refractivity contribution in [3.8, 4) is 28.4 Å². The molecule has 0 aromatic heterocycles. The Kier molecular flexibility index (Phi) is 14.3. The first-order valence-corrected chi connectivity index (χ1v) is 17.0. The van der Waals surface area contributed by atoms with Gasteiger partial charge in [0, 0.05) is 61.0 Å². The SMILES string of the molecule is CN(C)CCOc1cc(OCc2cccc(-c3cccc(OCCCN4CCC(O)C4)c3Cl)c2Cl)c(Cl)cc1CNC(C)(CO)CO. The summed E-state index contributed by atoms with van der Waals surface area (Å²) in [6.07, 6.45) is 1.42. The highest BCUT2D eigenvalue weighted by molar-refractivity contribution is 6.37. The van der Waals surface area contributed by atoms with Gasteiger partial charge in [0.15, 0.2) is 0 Å². The highest BCUT2D eigenvalue weighted by Gasteiger charge is 2.23. The number of hydrogen-bond acceptors (Lipinski definition) is 9. The quantitative estimate of drug-likeness (QED) is 0.127. The molecule has 3 aromatic carbocycles. The summed E-state index contributed by atoms with van der Waals surface area (Å²) in [5.74, 6) is 1.60. The minimum atomic E-state index is -0.864. The first kappa shape index (κ1) is 37.5. The van der Waals surface area contributed by atoms with Crippen LogP contribution in [-0.2, 0) is 13.2 Å². The van der Waals surface area contributed by atoms with Gasteiger partial charge in [-0.05, 0) is 46.0 Å². The van der Waals surface area contributed by atoms with Crippen LogP contribution in [-0.4, -0.2) is 103 Å². The molecule has 1 unspecified atom stereocenters. The molecule has 1 aliphatic rings. The van der Waals surface area contributed by atoms with Gasteiger partial charge in [-0.15, -0.1) is 0 Å². The number of nitrogens with one attached hydrogen (secondary N) is 1. The second kappa shape index (κ2) is 17.9. The Hall–Kier alpha value is -2.31. The normalized spacial score (nSPS) is 15.4. The Balaban J connectivity index is 1.46. The minimum Gasteiger partial charge on any atom is -0.492 e.